The molecule has 2 N–H and O–H groups in total. The summed E-state index contributed by atoms with van der Waals surface area (Å²) in [6.07, 6.45) is 0.315. The number of para-hydroxylation sites is 1. The molecule has 0 saturated heterocycles. The van der Waals surface area contributed by atoms with Crippen molar-refractivity contribution in [3.63, 3.8) is 0 Å². The summed E-state index contributed by atoms with van der Waals surface area (Å²) in [6, 6.07) is 5.36. The number of benzene rings is 1. The number of carbonyl (C=O) groups excluding carboxylic acids is 4. The fourth-order valence-corrected chi connectivity index (χ4v) is 2.38. The van der Waals surface area contributed by atoms with Gasteiger partial charge in [-0.25, -0.2) is 9.59 Å². The lowest BCUT2D eigenvalue weighted by molar-refractivity contribution is -0.159. The van der Waals surface area contributed by atoms with Gasteiger partial charge in [0.25, 0.3) is 5.91 Å². The van der Waals surface area contributed by atoms with Crippen molar-refractivity contribution in [1.29, 1.82) is 0 Å². The van der Waals surface area contributed by atoms with Gasteiger partial charge in [-0.3, -0.25) is 9.59 Å². The molecule has 0 aromatic heterocycles. The van der Waals surface area contributed by atoms with Gasteiger partial charge in [0.2, 0.25) is 11.9 Å². The van der Waals surface area contributed by atoms with Gasteiger partial charge in [-0.15, -0.1) is 0 Å². The first-order chi connectivity index (χ1) is 13.9. The third-order valence-electron chi connectivity index (χ3n) is 3.65. The minimum absolute atomic E-state index is 0.00268. The monoisotopic (exact) mass is 408 g/mol. The molecule has 1 aromatic rings. The summed E-state index contributed by atoms with van der Waals surface area (Å²) in [7, 11) is 0. The van der Waals surface area contributed by atoms with Crippen LogP contribution in [0.5, 0.6) is 5.75 Å². The van der Waals surface area contributed by atoms with Crippen molar-refractivity contribution in [2.75, 3.05) is 26.4 Å². The number of amides is 2. The van der Waals surface area contributed by atoms with Gasteiger partial charge in [-0.05, 0) is 39.3 Å². The van der Waals surface area contributed by atoms with Crippen LogP contribution in [0.4, 0.5) is 0 Å². The summed E-state index contributed by atoms with van der Waals surface area (Å²) in [5.74, 6) is -2.11. The summed E-state index contributed by atoms with van der Waals surface area (Å²) in [5, 5.41) is 5.02. The van der Waals surface area contributed by atoms with Gasteiger partial charge in [0, 0.05) is 13.0 Å². The predicted molar refractivity (Wildman–Crippen MR) is 104 cm³/mol. The highest BCUT2D eigenvalue weighted by atomic mass is 16.6. The van der Waals surface area contributed by atoms with E-state index in [9.17, 15) is 19.2 Å². The van der Waals surface area contributed by atoms with Crippen LogP contribution in [0.15, 0.2) is 24.3 Å². The Labute approximate surface area is 170 Å². The molecule has 0 unspecified atom stereocenters. The molecule has 0 bridgehead atoms. The second kappa shape index (κ2) is 13.1. The van der Waals surface area contributed by atoms with E-state index in [-0.39, 0.29) is 32.1 Å². The number of carbonyl (C=O) groups is 4. The van der Waals surface area contributed by atoms with Crippen molar-refractivity contribution < 1.29 is 33.4 Å². The lowest BCUT2D eigenvalue weighted by Gasteiger charge is -2.16. The summed E-state index contributed by atoms with van der Waals surface area (Å²) >= 11 is 0. The SMILES string of the molecule is CCOC(=O)C(NC(=O)CCCNC(=O)c1ccccc1OCC)C(=O)OCC. The van der Waals surface area contributed by atoms with Crippen molar-refractivity contribution in [2.45, 2.75) is 39.7 Å². The standard InChI is InChI=1S/C20H28N2O7/c1-4-27-15-11-8-7-10-14(15)18(24)21-13-9-12-16(23)22-17(19(25)28-5-2)20(26)29-6-3/h7-8,10-11,17H,4-6,9,12-13H2,1-3H3,(H,21,24)(H,22,23). The normalized spacial score (nSPS) is 10.2. The average molecular weight is 408 g/mol. The molecule has 160 valence electrons. The zero-order valence-corrected chi connectivity index (χ0v) is 17.0. The van der Waals surface area contributed by atoms with E-state index < -0.39 is 23.9 Å². The average Bonchev–Trinajstić information content (AvgIpc) is 2.70. The minimum Gasteiger partial charge on any atom is -0.493 e. The first kappa shape index (κ1) is 23.9. The quantitative estimate of drug-likeness (QED) is 0.303. The molecule has 1 rings (SSSR count). The highest BCUT2D eigenvalue weighted by Gasteiger charge is 2.31. The maximum absolute atomic E-state index is 12.3. The Morgan fingerprint density at radius 2 is 1.55 bits per heavy atom. The number of nitrogens with one attached hydrogen (secondary N) is 2. The molecule has 0 aliphatic carbocycles. The Morgan fingerprint density at radius 3 is 2.14 bits per heavy atom. The van der Waals surface area contributed by atoms with E-state index in [4.69, 9.17) is 14.2 Å². The second-order valence-corrected chi connectivity index (χ2v) is 5.79. The topological polar surface area (TPSA) is 120 Å². The molecule has 0 atom stereocenters. The Hall–Kier alpha value is -3.10. The van der Waals surface area contributed by atoms with E-state index in [0.29, 0.717) is 24.3 Å². The molecule has 0 radical (unpaired) electrons. The highest BCUT2D eigenvalue weighted by Crippen LogP contribution is 2.17. The van der Waals surface area contributed by atoms with Crippen molar-refractivity contribution in [2.24, 2.45) is 0 Å². The zero-order valence-electron chi connectivity index (χ0n) is 17.0. The molecule has 0 saturated carbocycles. The van der Waals surface area contributed by atoms with Crippen LogP contribution < -0.4 is 15.4 Å². The molecule has 0 aliphatic heterocycles. The second-order valence-electron chi connectivity index (χ2n) is 5.79. The Bertz CT molecular complexity index is 688. The van der Waals surface area contributed by atoms with Gasteiger partial charge in [0.1, 0.15) is 5.75 Å². The Kier molecular flexibility index (Phi) is 10.8. The molecular formula is C20H28N2O7. The number of hydrogen-bond acceptors (Lipinski definition) is 7. The fraction of sp³-hybridized carbons (Fsp3) is 0.500. The van der Waals surface area contributed by atoms with E-state index in [1.54, 1.807) is 38.1 Å². The molecule has 9 heteroatoms. The van der Waals surface area contributed by atoms with Gasteiger partial charge in [-0.1, -0.05) is 12.1 Å². The predicted octanol–water partition coefficient (Wildman–Crippen LogP) is 1.21. The molecule has 2 amide bonds. The Balaban J connectivity index is 2.50. The van der Waals surface area contributed by atoms with E-state index in [1.165, 1.54) is 0 Å². The van der Waals surface area contributed by atoms with Gasteiger partial charge in [0.15, 0.2) is 0 Å². The summed E-state index contributed by atoms with van der Waals surface area (Å²) in [5.41, 5.74) is 0.406. The van der Waals surface area contributed by atoms with E-state index >= 15 is 0 Å². The van der Waals surface area contributed by atoms with Gasteiger partial charge in [0.05, 0.1) is 25.4 Å². The molecule has 0 heterocycles. The number of ether oxygens (including phenoxy) is 3. The van der Waals surface area contributed by atoms with Crippen molar-refractivity contribution in [1.82, 2.24) is 10.6 Å². The smallest absolute Gasteiger partial charge is 0.340 e. The largest absolute Gasteiger partial charge is 0.493 e. The van der Waals surface area contributed by atoms with Crippen LogP contribution in [0.1, 0.15) is 44.0 Å². The van der Waals surface area contributed by atoms with Gasteiger partial charge < -0.3 is 24.8 Å². The lowest BCUT2D eigenvalue weighted by Crippen LogP contribution is -2.48. The number of hydrogen-bond donors (Lipinski definition) is 2. The van der Waals surface area contributed by atoms with Crippen molar-refractivity contribution in [3.8, 4) is 5.75 Å². The highest BCUT2D eigenvalue weighted by molar-refractivity contribution is 6.02. The van der Waals surface area contributed by atoms with Crippen LogP contribution in [0, 0.1) is 0 Å². The third-order valence-corrected chi connectivity index (χ3v) is 3.65. The van der Waals surface area contributed by atoms with Gasteiger partial charge in [-0.2, -0.15) is 0 Å². The maximum Gasteiger partial charge on any atom is 0.340 e. The van der Waals surface area contributed by atoms with Crippen LogP contribution in [0.3, 0.4) is 0 Å². The van der Waals surface area contributed by atoms with Crippen LogP contribution in [-0.4, -0.2) is 56.2 Å². The molecule has 0 spiro atoms. The first-order valence-corrected chi connectivity index (χ1v) is 9.57. The summed E-state index contributed by atoms with van der Waals surface area (Å²) in [4.78, 5) is 48.0. The van der Waals surface area contributed by atoms with Crippen molar-refractivity contribution in [3.05, 3.63) is 29.8 Å². The fourth-order valence-electron chi connectivity index (χ4n) is 2.38. The van der Waals surface area contributed by atoms with Crippen LogP contribution in [0.25, 0.3) is 0 Å². The summed E-state index contributed by atoms with van der Waals surface area (Å²) in [6.45, 7) is 5.82. The first-order valence-electron chi connectivity index (χ1n) is 9.57. The molecule has 9 nitrogen and oxygen atoms in total. The summed E-state index contributed by atoms with van der Waals surface area (Å²) < 4.78 is 15.0. The van der Waals surface area contributed by atoms with Crippen LogP contribution in [-0.2, 0) is 23.9 Å². The van der Waals surface area contributed by atoms with E-state index in [1.807, 2.05) is 6.92 Å². The zero-order chi connectivity index (χ0) is 21.6. The Morgan fingerprint density at radius 1 is 0.931 bits per heavy atom. The number of rotatable bonds is 12. The van der Waals surface area contributed by atoms with Gasteiger partial charge >= 0.3 is 11.9 Å². The van der Waals surface area contributed by atoms with E-state index in [0.717, 1.165) is 0 Å². The number of esters is 2. The van der Waals surface area contributed by atoms with Crippen molar-refractivity contribution >= 4 is 23.8 Å². The lowest BCUT2D eigenvalue weighted by atomic mass is 10.2. The van der Waals surface area contributed by atoms with Crippen LogP contribution >= 0.6 is 0 Å². The maximum atomic E-state index is 12.3. The van der Waals surface area contributed by atoms with Crippen LogP contribution in [0.2, 0.25) is 0 Å². The molecule has 29 heavy (non-hydrogen) atoms. The molecular weight excluding hydrogens is 380 g/mol. The molecule has 0 fully saturated rings. The van der Waals surface area contributed by atoms with E-state index in [2.05, 4.69) is 10.6 Å². The molecule has 0 aliphatic rings. The minimum atomic E-state index is -1.50. The molecule has 1 aromatic carbocycles. The third kappa shape index (κ3) is 8.20.